The number of nitrogens with two attached hydrogens (primary N) is 1. The molecule has 1 heterocycles. The molecule has 0 fully saturated rings. The number of aromatic nitrogens is 2. The fourth-order valence-corrected chi connectivity index (χ4v) is 2.76. The Morgan fingerprint density at radius 1 is 1.33 bits per heavy atom. The number of rotatable bonds is 6. The van der Waals surface area contributed by atoms with Crippen molar-refractivity contribution in [2.24, 2.45) is 12.8 Å². The molecule has 21 heavy (non-hydrogen) atoms. The van der Waals surface area contributed by atoms with Crippen LogP contribution in [0.3, 0.4) is 0 Å². The summed E-state index contributed by atoms with van der Waals surface area (Å²) in [5.41, 5.74) is 5.79. The van der Waals surface area contributed by atoms with E-state index in [9.17, 15) is 8.42 Å². The van der Waals surface area contributed by atoms with Crippen LogP contribution in [0.1, 0.15) is 5.82 Å². The fraction of sp³-hybridized carbons (Fsp3) is 0.308. The Hall–Kier alpha value is -2.06. The summed E-state index contributed by atoms with van der Waals surface area (Å²) in [7, 11) is -1.95. The van der Waals surface area contributed by atoms with E-state index in [1.54, 1.807) is 42.8 Å². The molecule has 0 bridgehead atoms. The summed E-state index contributed by atoms with van der Waals surface area (Å²) in [5.74, 6) is 1.26. The van der Waals surface area contributed by atoms with E-state index in [1.165, 1.54) is 6.20 Å². The molecular formula is C13H18N4O3S. The molecule has 0 amide bonds. The summed E-state index contributed by atoms with van der Waals surface area (Å²) in [6.07, 6.45) is 1.47. The molecule has 114 valence electrons. The number of benzene rings is 1. The first-order valence-electron chi connectivity index (χ1n) is 6.38. The van der Waals surface area contributed by atoms with E-state index in [4.69, 9.17) is 10.5 Å². The van der Waals surface area contributed by atoms with Gasteiger partial charge in [-0.1, -0.05) is 0 Å². The van der Waals surface area contributed by atoms with Gasteiger partial charge in [0, 0.05) is 25.5 Å². The monoisotopic (exact) mass is 310 g/mol. The molecule has 0 atom stereocenters. The number of sulfonamides is 1. The van der Waals surface area contributed by atoms with Crippen molar-refractivity contribution in [1.29, 1.82) is 0 Å². The number of aryl methyl sites for hydroxylation is 2. The van der Waals surface area contributed by atoms with Gasteiger partial charge in [0.2, 0.25) is 0 Å². The van der Waals surface area contributed by atoms with Gasteiger partial charge in [-0.2, -0.15) is 8.42 Å². The second-order valence-electron chi connectivity index (χ2n) is 4.50. The van der Waals surface area contributed by atoms with Crippen LogP contribution in [0.4, 0.5) is 5.69 Å². The Labute approximate surface area is 123 Å². The van der Waals surface area contributed by atoms with Crippen LogP contribution in [0.15, 0.2) is 35.5 Å². The van der Waals surface area contributed by atoms with Crippen molar-refractivity contribution in [2.75, 3.05) is 17.9 Å². The molecule has 2 rings (SSSR count). The van der Waals surface area contributed by atoms with Crippen molar-refractivity contribution in [3.63, 3.8) is 0 Å². The van der Waals surface area contributed by atoms with Crippen LogP contribution < -0.4 is 15.2 Å². The highest BCUT2D eigenvalue weighted by Crippen LogP contribution is 2.19. The summed E-state index contributed by atoms with van der Waals surface area (Å²) in [4.78, 5) is 4.01. The van der Waals surface area contributed by atoms with Gasteiger partial charge in [0.25, 0.3) is 10.0 Å². The third-order valence-electron chi connectivity index (χ3n) is 2.85. The first-order chi connectivity index (χ1) is 9.92. The second kappa shape index (κ2) is 6.15. The number of imidazole rings is 1. The van der Waals surface area contributed by atoms with Gasteiger partial charge in [0.05, 0.1) is 0 Å². The summed E-state index contributed by atoms with van der Waals surface area (Å²) in [6.45, 7) is 2.58. The number of nitrogens with one attached hydrogen (secondary N) is 1. The molecule has 0 saturated carbocycles. The smallest absolute Gasteiger partial charge is 0.280 e. The molecule has 0 aliphatic carbocycles. The van der Waals surface area contributed by atoms with Crippen molar-refractivity contribution in [3.05, 3.63) is 36.3 Å². The predicted octanol–water partition coefficient (Wildman–Crippen LogP) is 0.867. The van der Waals surface area contributed by atoms with Crippen LogP contribution in [0.25, 0.3) is 0 Å². The highest BCUT2D eigenvalue weighted by Gasteiger charge is 2.18. The van der Waals surface area contributed by atoms with Crippen LogP contribution in [-0.2, 0) is 17.1 Å². The second-order valence-corrected chi connectivity index (χ2v) is 6.13. The lowest BCUT2D eigenvalue weighted by Crippen LogP contribution is -2.13. The lowest BCUT2D eigenvalue weighted by Gasteiger charge is -2.08. The van der Waals surface area contributed by atoms with Crippen molar-refractivity contribution >= 4 is 15.7 Å². The molecule has 0 unspecified atom stereocenters. The molecule has 0 spiro atoms. The molecule has 7 nitrogen and oxygen atoms in total. The molecular weight excluding hydrogens is 292 g/mol. The first kappa shape index (κ1) is 15.3. The Kier molecular flexibility index (Phi) is 4.49. The molecule has 3 N–H and O–H groups in total. The zero-order valence-corrected chi connectivity index (χ0v) is 12.7. The predicted molar refractivity (Wildman–Crippen MR) is 79.7 cm³/mol. The summed E-state index contributed by atoms with van der Waals surface area (Å²) >= 11 is 0. The SMILES string of the molecule is Cc1nc(S(=O)(=O)Nc2ccc(OCCN)cc2)cn1C. The highest BCUT2D eigenvalue weighted by atomic mass is 32.2. The molecule has 0 radical (unpaired) electrons. The molecule has 0 aliphatic heterocycles. The van der Waals surface area contributed by atoms with Crippen LogP contribution >= 0.6 is 0 Å². The number of anilines is 1. The number of nitrogens with zero attached hydrogens (tertiary/aromatic N) is 2. The maximum Gasteiger partial charge on any atom is 0.280 e. The molecule has 1 aromatic heterocycles. The van der Waals surface area contributed by atoms with Crippen LogP contribution in [-0.4, -0.2) is 31.1 Å². The number of ether oxygens (including phenoxy) is 1. The Morgan fingerprint density at radius 3 is 2.52 bits per heavy atom. The van der Waals surface area contributed by atoms with Crippen LogP contribution in [0, 0.1) is 6.92 Å². The average molecular weight is 310 g/mol. The van der Waals surface area contributed by atoms with Crippen molar-refractivity contribution in [2.45, 2.75) is 11.9 Å². The zero-order chi connectivity index (χ0) is 15.5. The number of hydrogen-bond donors (Lipinski definition) is 2. The van der Waals surface area contributed by atoms with Gasteiger partial charge in [-0.25, -0.2) is 4.98 Å². The van der Waals surface area contributed by atoms with Crippen molar-refractivity contribution in [3.8, 4) is 5.75 Å². The van der Waals surface area contributed by atoms with Crippen LogP contribution in [0.2, 0.25) is 0 Å². The van der Waals surface area contributed by atoms with Gasteiger partial charge in [0.1, 0.15) is 18.2 Å². The minimum Gasteiger partial charge on any atom is -0.492 e. The minimum absolute atomic E-state index is 0.00837. The Morgan fingerprint density at radius 2 is 2.00 bits per heavy atom. The largest absolute Gasteiger partial charge is 0.492 e. The summed E-state index contributed by atoms with van der Waals surface area (Å²) in [5, 5.41) is -0.00837. The Bertz CT molecular complexity index is 688. The van der Waals surface area contributed by atoms with Gasteiger partial charge in [-0.3, -0.25) is 4.72 Å². The van der Waals surface area contributed by atoms with E-state index >= 15 is 0 Å². The fourth-order valence-electron chi connectivity index (χ4n) is 1.66. The van der Waals surface area contributed by atoms with Gasteiger partial charge in [-0.05, 0) is 31.2 Å². The first-order valence-corrected chi connectivity index (χ1v) is 7.86. The van der Waals surface area contributed by atoms with Crippen molar-refractivity contribution in [1.82, 2.24) is 9.55 Å². The average Bonchev–Trinajstić information content (AvgIpc) is 2.78. The van der Waals surface area contributed by atoms with E-state index in [2.05, 4.69) is 9.71 Å². The standard InChI is InChI=1S/C13H18N4O3S/c1-10-15-13(9-17(10)2)21(18,19)16-11-3-5-12(6-4-11)20-8-7-14/h3-6,9,16H,7-8,14H2,1-2H3. The lowest BCUT2D eigenvalue weighted by atomic mass is 10.3. The van der Waals surface area contributed by atoms with E-state index in [-0.39, 0.29) is 5.03 Å². The Balaban J connectivity index is 2.13. The molecule has 8 heteroatoms. The van der Waals surface area contributed by atoms with E-state index in [0.717, 1.165) is 0 Å². The zero-order valence-electron chi connectivity index (χ0n) is 11.9. The van der Waals surface area contributed by atoms with E-state index < -0.39 is 10.0 Å². The maximum absolute atomic E-state index is 12.2. The van der Waals surface area contributed by atoms with Crippen molar-refractivity contribution < 1.29 is 13.2 Å². The van der Waals surface area contributed by atoms with Gasteiger partial charge < -0.3 is 15.0 Å². The molecule has 2 aromatic rings. The van der Waals surface area contributed by atoms with Gasteiger partial charge >= 0.3 is 0 Å². The van der Waals surface area contributed by atoms with Gasteiger partial charge in [-0.15, -0.1) is 0 Å². The number of hydrogen-bond acceptors (Lipinski definition) is 5. The molecule has 0 aliphatic rings. The van der Waals surface area contributed by atoms with E-state index in [1.807, 2.05) is 0 Å². The lowest BCUT2D eigenvalue weighted by molar-refractivity contribution is 0.328. The quantitative estimate of drug-likeness (QED) is 0.824. The minimum atomic E-state index is -3.69. The molecule has 0 saturated heterocycles. The third kappa shape index (κ3) is 3.73. The summed E-state index contributed by atoms with van der Waals surface area (Å²) in [6, 6.07) is 6.60. The third-order valence-corrected chi connectivity index (χ3v) is 4.11. The topological polar surface area (TPSA) is 99.2 Å². The normalized spacial score (nSPS) is 11.4. The van der Waals surface area contributed by atoms with Crippen LogP contribution in [0.5, 0.6) is 5.75 Å². The van der Waals surface area contributed by atoms with Gasteiger partial charge in [0.15, 0.2) is 5.03 Å². The highest BCUT2D eigenvalue weighted by molar-refractivity contribution is 7.92. The maximum atomic E-state index is 12.2. The molecule has 1 aromatic carbocycles. The summed E-state index contributed by atoms with van der Waals surface area (Å²) < 4.78 is 33.8. The van der Waals surface area contributed by atoms with E-state index in [0.29, 0.717) is 30.4 Å².